The van der Waals surface area contributed by atoms with Crippen LogP contribution in [0.5, 0.6) is 0 Å². The van der Waals surface area contributed by atoms with E-state index in [2.05, 4.69) is 76.6 Å². The maximum absolute atomic E-state index is 12.6. The molecule has 5 nitrogen and oxygen atoms in total. The molecule has 0 radical (unpaired) electrons. The molecule has 1 amide bonds. The van der Waals surface area contributed by atoms with Crippen LogP contribution >= 0.6 is 0 Å². The van der Waals surface area contributed by atoms with Crippen molar-refractivity contribution < 1.29 is 19.1 Å². The molecule has 3 fully saturated rings. The summed E-state index contributed by atoms with van der Waals surface area (Å²) in [6.45, 7) is 17.2. The van der Waals surface area contributed by atoms with Crippen molar-refractivity contribution in [2.24, 2.45) is 45.8 Å². The van der Waals surface area contributed by atoms with Gasteiger partial charge in [-0.25, -0.2) is 4.79 Å². The Hall–Kier alpha value is -2.40. The number of hydrogen-bond acceptors (Lipinski definition) is 4. The number of alkyl carbamates (subject to hydrolysis) is 1. The topological polar surface area (TPSA) is 64.6 Å². The highest BCUT2D eigenvalue weighted by Crippen LogP contribution is 2.71. The molecule has 46 heavy (non-hydrogen) atoms. The van der Waals surface area contributed by atoms with Gasteiger partial charge in [-0.3, -0.25) is 4.79 Å². The predicted octanol–water partition coefficient (Wildman–Crippen LogP) is 9.64. The lowest BCUT2D eigenvalue weighted by Gasteiger charge is -2.60. The Balaban J connectivity index is 1.23. The lowest BCUT2D eigenvalue weighted by atomic mass is 9.44. The lowest BCUT2D eigenvalue weighted by molar-refractivity contribution is -0.150. The molecule has 4 rings (SSSR count). The summed E-state index contributed by atoms with van der Waals surface area (Å²) >= 11 is 0. The fraction of sp³-hybridized carbons (Fsp3) is 0.805. The number of ether oxygens (including phenoxy) is 2. The molecule has 1 unspecified atom stereocenters. The number of fused-ring (bicyclic) bond motifs is 5. The van der Waals surface area contributed by atoms with Gasteiger partial charge in [0, 0.05) is 19.3 Å². The zero-order chi connectivity index (χ0) is 33.4. The van der Waals surface area contributed by atoms with Gasteiger partial charge in [-0.1, -0.05) is 91.2 Å². The number of unbranched alkanes of at least 4 members (excludes halogenated alkanes) is 2. The number of amides is 1. The van der Waals surface area contributed by atoms with Gasteiger partial charge in [0.2, 0.25) is 0 Å². The number of carbonyl (C=O) groups is 2. The minimum atomic E-state index is -0.577. The summed E-state index contributed by atoms with van der Waals surface area (Å²) in [6.07, 6.45) is 18.5. The predicted molar refractivity (Wildman–Crippen MR) is 187 cm³/mol. The zero-order valence-corrected chi connectivity index (χ0v) is 30.2. The molecule has 0 aliphatic heterocycles. The summed E-state index contributed by atoms with van der Waals surface area (Å²) < 4.78 is 11.1. The van der Waals surface area contributed by atoms with Crippen molar-refractivity contribution in [1.29, 1.82) is 0 Å². The van der Waals surface area contributed by atoms with E-state index in [0.29, 0.717) is 17.4 Å². The first-order valence-corrected chi connectivity index (χ1v) is 18.7. The molecule has 0 bridgehead atoms. The first-order valence-electron chi connectivity index (χ1n) is 18.7. The van der Waals surface area contributed by atoms with Gasteiger partial charge in [-0.15, -0.1) is 0 Å². The molecular weight excluding hydrogens is 570 g/mol. The van der Waals surface area contributed by atoms with Crippen molar-refractivity contribution in [2.45, 2.75) is 151 Å². The Morgan fingerprint density at radius 3 is 2.48 bits per heavy atom. The second-order valence-electron chi connectivity index (χ2n) is 16.2. The summed E-state index contributed by atoms with van der Waals surface area (Å²) in [4.78, 5) is 24.7. The fourth-order valence-corrected chi connectivity index (χ4v) is 10.1. The average Bonchev–Trinajstić information content (AvgIpc) is 3.30. The number of esters is 1. The molecule has 0 spiro atoms. The Kier molecular flexibility index (Phi) is 12.8. The summed E-state index contributed by atoms with van der Waals surface area (Å²) in [5.74, 6) is 15.1. The van der Waals surface area contributed by atoms with Gasteiger partial charge in [0.25, 0.3) is 0 Å². The van der Waals surface area contributed by atoms with Gasteiger partial charge in [0.15, 0.2) is 0 Å². The molecule has 0 aromatic heterocycles. The Morgan fingerprint density at radius 1 is 0.957 bits per heavy atom. The summed E-state index contributed by atoms with van der Waals surface area (Å²) in [5, 5.41) is 2.56. The van der Waals surface area contributed by atoms with Crippen molar-refractivity contribution in [3.63, 3.8) is 0 Å². The molecule has 0 saturated heterocycles. The number of rotatable bonds is 12. The largest absolute Gasteiger partial charge is 0.461 e. The maximum Gasteiger partial charge on any atom is 0.407 e. The molecule has 4 aliphatic carbocycles. The first kappa shape index (κ1) is 36.4. The van der Waals surface area contributed by atoms with Crippen molar-refractivity contribution in [1.82, 2.24) is 5.32 Å². The molecule has 0 heterocycles. The van der Waals surface area contributed by atoms with Crippen LogP contribution in [-0.4, -0.2) is 31.3 Å². The monoisotopic (exact) mass is 633 g/mol. The molecule has 3 saturated carbocycles. The Morgan fingerprint density at radius 2 is 1.72 bits per heavy atom. The van der Waals surface area contributed by atoms with Crippen LogP contribution in [0.3, 0.4) is 0 Å². The zero-order valence-electron chi connectivity index (χ0n) is 30.2. The third kappa shape index (κ3) is 8.17. The summed E-state index contributed by atoms with van der Waals surface area (Å²) in [7, 11) is 0. The van der Waals surface area contributed by atoms with E-state index in [-0.39, 0.29) is 24.0 Å². The van der Waals surface area contributed by atoms with Crippen LogP contribution in [0.25, 0.3) is 0 Å². The van der Waals surface area contributed by atoms with Crippen LogP contribution in [0.15, 0.2) is 11.6 Å². The van der Waals surface area contributed by atoms with Crippen molar-refractivity contribution in [3.8, 4) is 23.7 Å². The van der Waals surface area contributed by atoms with Gasteiger partial charge in [-0.05, 0) is 115 Å². The van der Waals surface area contributed by atoms with Gasteiger partial charge in [0.05, 0.1) is 6.61 Å². The number of carbonyl (C=O) groups excluding carboxylic acids is 2. The van der Waals surface area contributed by atoms with E-state index in [1.54, 1.807) is 0 Å². The Bertz CT molecular complexity index is 1210. The molecule has 5 heteroatoms. The van der Waals surface area contributed by atoms with E-state index in [9.17, 15) is 9.59 Å². The van der Waals surface area contributed by atoms with E-state index in [0.717, 1.165) is 74.5 Å². The first-order chi connectivity index (χ1) is 21.9. The van der Waals surface area contributed by atoms with Crippen LogP contribution in [0.4, 0.5) is 4.79 Å². The normalized spacial score (nSPS) is 33.5. The van der Waals surface area contributed by atoms with Crippen LogP contribution in [0.1, 0.15) is 145 Å². The van der Waals surface area contributed by atoms with E-state index in [1.165, 1.54) is 56.9 Å². The Labute approximate surface area is 281 Å². The van der Waals surface area contributed by atoms with Gasteiger partial charge < -0.3 is 14.8 Å². The molecule has 4 aliphatic rings. The second kappa shape index (κ2) is 16.1. The molecule has 1 N–H and O–H groups in total. The quantitative estimate of drug-likeness (QED) is 0.101. The standard InChI is InChI=1S/C41H63NO4/c1-8-9-10-11-12-13-14-15-27-45-38(44)42-29-37(43)46-33-21-24-39(5)32(28-33)19-20-34-35(39)22-26-41(7)36(34)23-25-40(41,6)31(4)18-16-17-30(2)3/h19,30-31,33-36H,8,13-18,20-29H2,1-7H3,(H,42,44)/t31-,33?,34-,35+,36+,39+,40-,41+/m1/s1. The number of hydrogen-bond donors (Lipinski definition) is 1. The minimum Gasteiger partial charge on any atom is -0.461 e. The fourth-order valence-electron chi connectivity index (χ4n) is 10.1. The summed E-state index contributed by atoms with van der Waals surface area (Å²) in [5.41, 5.74) is 2.60. The van der Waals surface area contributed by atoms with Crippen LogP contribution in [0.2, 0.25) is 0 Å². The molecule has 0 aromatic carbocycles. The average molecular weight is 634 g/mol. The molecule has 256 valence electrons. The highest BCUT2D eigenvalue weighted by molar-refractivity contribution is 5.78. The molecule has 0 aromatic rings. The van der Waals surface area contributed by atoms with E-state index in [4.69, 9.17) is 9.47 Å². The van der Waals surface area contributed by atoms with E-state index >= 15 is 0 Å². The third-order valence-corrected chi connectivity index (χ3v) is 13.3. The lowest BCUT2D eigenvalue weighted by Crippen LogP contribution is -2.53. The summed E-state index contributed by atoms with van der Waals surface area (Å²) in [6, 6.07) is 0. The van der Waals surface area contributed by atoms with Crippen LogP contribution < -0.4 is 5.32 Å². The minimum absolute atomic E-state index is 0.111. The van der Waals surface area contributed by atoms with Crippen molar-refractivity contribution in [3.05, 3.63) is 11.6 Å². The molecular formula is C41H63NO4. The highest BCUT2D eigenvalue weighted by Gasteiger charge is 2.63. The maximum atomic E-state index is 12.6. The highest BCUT2D eigenvalue weighted by atomic mass is 16.6. The van der Waals surface area contributed by atoms with Gasteiger partial charge in [-0.2, -0.15) is 0 Å². The van der Waals surface area contributed by atoms with E-state index in [1.807, 2.05) is 6.92 Å². The van der Waals surface area contributed by atoms with Gasteiger partial charge in [0.1, 0.15) is 12.6 Å². The number of allylic oxidation sites excluding steroid dienone is 1. The smallest absolute Gasteiger partial charge is 0.407 e. The van der Waals surface area contributed by atoms with Crippen LogP contribution in [0, 0.1) is 69.5 Å². The SMILES string of the molecule is CCC#CC#CCCCCOC(=O)NCC(=O)OC1CC[C@@]2(C)C(=CC[C@@H]3[C@@H]2CC[C@@]2(C)[C@H]3CC[C@]2(C)[C@H](C)CCCC(C)C)C1. The van der Waals surface area contributed by atoms with Crippen LogP contribution in [-0.2, 0) is 14.3 Å². The third-order valence-electron chi connectivity index (χ3n) is 13.3. The van der Waals surface area contributed by atoms with Gasteiger partial charge >= 0.3 is 12.1 Å². The van der Waals surface area contributed by atoms with Crippen molar-refractivity contribution >= 4 is 12.1 Å². The molecule has 8 atom stereocenters. The van der Waals surface area contributed by atoms with E-state index < -0.39 is 6.09 Å². The number of nitrogens with one attached hydrogen (secondary N) is 1. The van der Waals surface area contributed by atoms with Crippen molar-refractivity contribution in [2.75, 3.05) is 13.2 Å². The second-order valence-corrected chi connectivity index (χ2v) is 16.2.